The average molecular weight is 349 g/mol. The van der Waals surface area contributed by atoms with Crippen molar-refractivity contribution in [2.24, 2.45) is 5.92 Å². The molecule has 0 aliphatic carbocycles. The summed E-state index contributed by atoms with van der Waals surface area (Å²) in [6.07, 6.45) is 4.86. The van der Waals surface area contributed by atoms with Gasteiger partial charge in [0.1, 0.15) is 0 Å². The van der Waals surface area contributed by atoms with Crippen LogP contribution >= 0.6 is 0 Å². The molecule has 0 spiro atoms. The van der Waals surface area contributed by atoms with E-state index >= 15 is 0 Å². The third kappa shape index (κ3) is 3.67. The number of hydrogen-bond acceptors (Lipinski definition) is 3. The van der Waals surface area contributed by atoms with Gasteiger partial charge in [-0.2, -0.15) is 0 Å². The molecule has 0 bridgehead atoms. The Morgan fingerprint density at radius 2 is 2.00 bits per heavy atom. The first kappa shape index (κ1) is 17.9. The summed E-state index contributed by atoms with van der Waals surface area (Å²) >= 11 is 0. The fourth-order valence-electron chi connectivity index (χ4n) is 3.01. The molecule has 5 heteroatoms. The lowest BCUT2D eigenvalue weighted by Crippen LogP contribution is -2.35. The molecule has 134 valence electrons. The highest BCUT2D eigenvalue weighted by atomic mass is 16.2. The fourth-order valence-corrected chi connectivity index (χ4v) is 3.01. The van der Waals surface area contributed by atoms with Gasteiger partial charge in [0.15, 0.2) is 0 Å². The zero-order valence-corrected chi connectivity index (χ0v) is 15.1. The molecule has 0 fully saturated rings. The molecule has 1 amide bonds. The van der Waals surface area contributed by atoms with Crippen LogP contribution in [-0.2, 0) is 16.0 Å². The minimum Gasteiger partial charge on any atom is -0.354 e. The first-order valence-electron chi connectivity index (χ1n) is 8.93. The fraction of sp³-hybridized carbons (Fsp3) is 0.286. The average Bonchev–Trinajstić information content (AvgIpc) is 3.06. The van der Waals surface area contributed by atoms with Gasteiger partial charge in [0, 0.05) is 41.3 Å². The number of pyridine rings is 1. The molecule has 5 nitrogen and oxygen atoms in total. The van der Waals surface area contributed by atoms with Crippen molar-refractivity contribution < 1.29 is 9.59 Å². The van der Waals surface area contributed by atoms with E-state index in [1.54, 1.807) is 13.1 Å². The molecule has 1 aromatic carbocycles. The summed E-state index contributed by atoms with van der Waals surface area (Å²) in [5, 5.41) is 3.88. The number of hydrogen-bond donors (Lipinski definition) is 2. The van der Waals surface area contributed by atoms with Gasteiger partial charge in [0.25, 0.3) is 5.91 Å². The van der Waals surface area contributed by atoms with Crippen molar-refractivity contribution in [3.05, 3.63) is 54.4 Å². The molecule has 0 radical (unpaired) electrons. The van der Waals surface area contributed by atoms with Crippen molar-refractivity contribution >= 4 is 22.6 Å². The number of nitrogens with zero attached hydrogens (tertiary/aromatic N) is 1. The number of amides is 1. The summed E-state index contributed by atoms with van der Waals surface area (Å²) < 4.78 is 0. The zero-order valence-electron chi connectivity index (χ0n) is 15.1. The summed E-state index contributed by atoms with van der Waals surface area (Å²) in [7, 11) is 0. The molecule has 2 heterocycles. The van der Waals surface area contributed by atoms with Crippen molar-refractivity contribution in [2.75, 3.05) is 6.54 Å². The second-order valence-corrected chi connectivity index (χ2v) is 6.45. The maximum absolute atomic E-state index is 12.0. The molecule has 2 aromatic heterocycles. The number of ketones is 1. The molecule has 0 aliphatic rings. The molecule has 0 saturated heterocycles. The molecule has 2 N–H and O–H groups in total. The lowest BCUT2D eigenvalue weighted by Gasteiger charge is -2.09. The van der Waals surface area contributed by atoms with Gasteiger partial charge < -0.3 is 10.3 Å². The summed E-state index contributed by atoms with van der Waals surface area (Å²) in [4.78, 5) is 31.6. The van der Waals surface area contributed by atoms with Crippen LogP contribution in [0, 0.1) is 5.92 Å². The lowest BCUT2D eigenvalue weighted by atomic mass is 10.0. The Balaban J connectivity index is 1.81. The first-order valence-corrected chi connectivity index (χ1v) is 8.93. The van der Waals surface area contributed by atoms with Crippen LogP contribution in [0.2, 0.25) is 0 Å². The topological polar surface area (TPSA) is 74.8 Å². The SMILES string of the molecule is CC[C@H](C)C(=O)C(=O)NCCc1c(-c2cccnc2)[nH]c2ccccc12. The molecular weight excluding hydrogens is 326 g/mol. The van der Waals surface area contributed by atoms with Crippen LogP contribution in [0.5, 0.6) is 0 Å². The van der Waals surface area contributed by atoms with Gasteiger partial charge in [0.05, 0.1) is 5.69 Å². The second kappa shape index (κ2) is 7.95. The van der Waals surface area contributed by atoms with Crippen LogP contribution in [0.1, 0.15) is 25.8 Å². The Bertz CT molecular complexity index is 915. The van der Waals surface area contributed by atoms with E-state index in [0.717, 1.165) is 27.7 Å². The molecule has 3 aromatic rings. The van der Waals surface area contributed by atoms with Gasteiger partial charge in [-0.1, -0.05) is 32.0 Å². The van der Waals surface area contributed by atoms with E-state index in [0.29, 0.717) is 19.4 Å². The maximum Gasteiger partial charge on any atom is 0.287 e. The molecule has 0 unspecified atom stereocenters. The van der Waals surface area contributed by atoms with Crippen LogP contribution in [0.4, 0.5) is 0 Å². The van der Waals surface area contributed by atoms with Crippen LogP contribution in [0.15, 0.2) is 48.8 Å². The van der Waals surface area contributed by atoms with Gasteiger partial charge >= 0.3 is 0 Å². The molecule has 26 heavy (non-hydrogen) atoms. The van der Waals surface area contributed by atoms with E-state index in [9.17, 15) is 9.59 Å². The van der Waals surface area contributed by atoms with E-state index < -0.39 is 5.91 Å². The number of fused-ring (bicyclic) bond motifs is 1. The summed E-state index contributed by atoms with van der Waals surface area (Å²) in [5.41, 5.74) is 4.16. The van der Waals surface area contributed by atoms with E-state index in [1.165, 1.54) is 0 Å². The monoisotopic (exact) mass is 349 g/mol. The predicted octanol–water partition coefficient (Wildman–Crippen LogP) is 3.50. The Morgan fingerprint density at radius 3 is 2.73 bits per heavy atom. The number of H-pyrrole nitrogens is 1. The maximum atomic E-state index is 12.0. The Hall–Kier alpha value is -2.95. The molecule has 0 aliphatic heterocycles. The Labute approximate surface area is 152 Å². The number of aromatic nitrogens is 2. The lowest BCUT2D eigenvalue weighted by molar-refractivity contribution is -0.140. The minimum absolute atomic E-state index is 0.242. The van der Waals surface area contributed by atoms with Crippen molar-refractivity contribution in [1.29, 1.82) is 0 Å². The van der Waals surface area contributed by atoms with Gasteiger partial charge in [-0.05, 0) is 36.6 Å². The van der Waals surface area contributed by atoms with Gasteiger partial charge in [-0.15, -0.1) is 0 Å². The Kier molecular flexibility index (Phi) is 5.46. The highest BCUT2D eigenvalue weighted by molar-refractivity contribution is 6.36. The highest BCUT2D eigenvalue weighted by Gasteiger charge is 2.19. The van der Waals surface area contributed by atoms with E-state index in [1.807, 2.05) is 43.5 Å². The number of carbonyl (C=O) groups excluding carboxylic acids is 2. The number of rotatable bonds is 7. The van der Waals surface area contributed by atoms with Gasteiger partial charge in [-0.25, -0.2) is 0 Å². The minimum atomic E-state index is -0.498. The van der Waals surface area contributed by atoms with E-state index in [-0.39, 0.29) is 11.7 Å². The highest BCUT2D eigenvalue weighted by Crippen LogP contribution is 2.30. The quantitative estimate of drug-likeness (QED) is 0.641. The summed E-state index contributed by atoms with van der Waals surface area (Å²) in [6.45, 7) is 4.10. The first-order chi connectivity index (χ1) is 12.6. The van der Waals surface area contributed by atoms with Crippen molar-refractivity contribution in [3.8, 4) is 11.3 Å². The number of aromatic amines is 1. The smallest absolute Gasteiger partial charge is 0.287 e. The van der Waals surface area contributed by atoms with Crippen LogP contribution in [0.3, 0.4) is 0 Å². The second-order valence-electron chi connectivity index (χ2n) is 6.45. The molecular formula is C21H23N3O2. The zero-order chi connectivity index (χ0) is 18.5. The van der Waals surface area contributed by atoms with E-state index in [2.05, 4.69) is 21.4 Å². The van der Waals surface area contributed by atoms with Crippen molar-refractivity contribution in [1.82, 2.24) is 15.3 Å². The third-order valence-corrected chi connectivity index (χ3v) is 4.71. The normalized spacial score (nSPS) is 12.1. The summed E-state index contributed by atoms with van der Waals surface area (Å²) in [6, 6.07) is 12.0. The number of para-hydroxylation sites is 1. The van der Waals surface area contributed by atoms with Gasteiger partial charge in [0.2, 0.25) is 5.78 Å². The molecule has 1 atom stereocenters. The van der Waals surface area contributed by atoms with Crippen molar-refractivity contribution in [3.63, 3.8) is 0 Å². The standard InChI is InChI=1S/C21H23N3O2/c1-3-14(2)20(25)21(26)23-12-10-17-16-8-4-5-9-18(16)24-19(17)15-7-6-11-22-13-15/h4-9,11,13-14,24H,3,10,12H2,1-2H3,(H,23,26)/t14-/m0/s1. The third-order valence-electron chi connectivity index (χ3n) is 4.71. The van der Waals surface area contributed by atoms with E-state index in [4.69, 9.17) is 0 Å². The van der Waals surface area contributed by atoms with Crippen LogP contribution in [0.25, 0.3) is 22.2 Å². The largest absolute Gasteiger partial charge is 0.354 e. The Morgan fingerprint density at radius 1 is 1.19 bits per heavy atom. The number of Topliss-reactive ketones (excluding diaryl/α,β-unsaturated/α-hetero) is 1. The number of carbonyl (C=O) groups is 2. The van der Waals surface area contributed by atoms with Crippen LogP contribution in [-0.4, -0.2) is 28.2 Å². The van der Waals surface area contributed by atoms with Crippen molar-refractivity contribution in [2.45, 2.75) is 26.7 Å². The van der Waals surface area contributed by atoms with Gasteiger partial charge in [-0.3, -0.25) is 14.6 Å². The summed E-state index contributed by atoms with van der Waals surface area (Å²) in [5.74, 6) is -1.09. The molecule has 0 saturated carbocycles. The molecule has 3 rings (SSSR count). The number of benzene rings is 1. The predicted molar refractivity (Wildman–Crippen MR) is 103 cm³/mol. The van der Waals surface area contributed by atoms with Crippen LogP contribution < -0.4 is 5.32 Å². The number of nitrogens with one attached hydrogen (secondary N) is 2.